The van der Waals surface area contributed by atoms with Gasteiger partial charge < -0.3 is 19.0 Å². The fourth-order valence-corrected chi connectivity index (χ4v) is 4.83. The van der Waals surface area contributed by atoms with Crippen LogP contribution in [0.5, 0.6) is 5.75 Å². The van der Waals surface area contributed by atoms with Crippen LogP contribution in [-0.4, -0.2) is 45.3 Å². The van der Waals surface area contributed by atoms with Gasteiger partial charge in [-0.25, -0.2) is 13.8 Å². The van der Waals surface area contributed by atoms with E-state index in [9.17, 15) is 13.6 Å². The van der Waals surface area contributed by atoms with Crippen molar-refractivity contribution in [3.63, 3.8) is 0 Å². The number of amides is 1. The molecule has 1 aromatic heterocycles. The number of rotatable bonds is 5. The number of benzene rings is 2. The van der Waals surface area contributed by atoms with Crippen molar-refractivity contribution in [1.29, 1.82) is 0 Å². The summed E-state index contributed by atoms with van der Waals surface area (Å²) < 4.78 is 34.7. The first-order valence-corrected chi connectivity index (χ1v) is 11.5. The molecule has 1 fully saturated rings. The second-order valence-electron chi connectivity index (χ2n) is 9.06. The molecular formula is C26H26F2N4O3. The van der Waals surface area contributed by atoms with E-state index in [1.807, 2.05) is 42.8 Å². The van der Waals surface area contributed by atoms with Crippen molar-refractivity contribution >= 4 is 11.6 Å². The van der Waals surface area contributed by atoms with Crippen molar-refractivity contribution in [3.8, 4) is 11.4 Å². The number of aromatic nitrogens is 2. The average Bonchev–Trinajstić information content (AvgIpc) is 3.49. The number of piperidine rings is 1. The number of nitrogens with zero attached hydrogens (tertiary/aromatic N) is 4. The van der Waals surface area contributed by atoms with Gasteiger partial charge in [0.05, 0.1) is 36.6 Å². The number of carbonyl (C=O) groups excluding carboxylic acids is 1. The molecule has 0 saturated carbocycles. The number of imidazole rings is 1. The molecule has 2 atom stereocenters. The molecule has 2 aliphatic heterocycles. The maximum Gasteiger partial charge on any atom is 0.270 e. The molecule has 35 heavy (non-hydrogen) atoms. The highest BCUT2D eigenvalue weighted by Crippen LogP contribution is 2.39. The quantitative estimate of drug-likeness (QED) is 0.530. The predicted molar refractivity (Wildman–Crippen MR) is 126 cm³/mol. The molecular weight excluding hydrogens is 454 g/mol. The number of likely N-dealkylation sites (tertiary alicyclic amines) is 1. The molecule has 0 aliphatic carbocycles. The van der Waals surface area contributed by atoms with Crippen LogP contribution in [0.2, 0.25) is 0 Å². The van der Waals surface area contributed by atoms with Crippen LogP contribution in [0.1, 0.15) is 49.0 Å². The molecule has 1 spiro atoms. The predicted octanol–water partition coefficient (Wildman–Crippen LogP) is 4.71. The van der Waals surface area contributed by atoms with E-state index in [-0.39, 0.29) is 5.91 Å². The van der Waals surface area contributed by atoms with Crippen LogP contribution in [0.4, 0.5) is 8.78 Å². The average molecular weight is 481 g/mol. The van der Waals surface area contributed by atoms with Gasteiger partial charge in [-0.1, -0.05) is 17.3 Å². The van der Waals surface area contributed by atoms with Crippen LogP contribution in [-0.2, 0) is 9.63 Å². The van der Waals surface area contributed by atoms with E-state index in [1.54, 1.807) is 18.3 Å². The highest BCUT2D eigenvalue weighted by Gasteiger charge is 2.51. The molecule has 0 radical (unpaired) electrons. The van der Waals surface area contributed by atoms with Crippen molar-refractivity contribution in [2.24, 2.45) is 5.16 Å². The largest absolute Gasteiger partial charge is 0.495 e. The third-order valence-corrected chi connectivity index (χ3v) is 6.81. The molecule has 5 rings (SSSR count). The minimum atomic E-state index is -1.10. The molecule has 3 aromatic rings. The van der Waals surface area contributed by atoms with Gasteiger partial charge in [0.15, 0.2) is 11.6 Å². The van der Waals surface area contributed by atoms with Crippen LogP contribution >= 0.6 is 0 Å². The van der Waals surface area contributed by atoms with E-state index in [0.29, 0.717) is 42.8 Å². The first kappa shape index (κ1) is 23.0. The van der Waals surface area contributed by atoms with Crippen molar-refractivity contribution in [2.75, 3.05) is 13.7 Å². The number of halogens is 2. The van der Waals surface area contributed by atoms with Crippen LogP contribution in [0.25, 0.3) is 5.69 Å². The summed E-state index contributed by atoms with van der Waals surface area (Å²) in [6.45, 7) is 4.23. The first-order chi connectivity index (χ1) is 16.8. The van der Waals surface area contributed by atoms with E-state index in [0.717, 1.165) is 29.1 Å². The van der Waals surface area contributed by atoms with Gasteiger partial charge in [-0.05, 0) is 50.1 Å². The monoisotopic (exact) mass is 480 g/mol. The third kappa shape index (κ3) is 4.05. The molecule has 182 valence electrons. The molecule has 2 aromatic carbocycles. The van der Waals surface area contributed by atoms with Gasteiger partial charge in [0, 0.05) is 31.1 Å². The summed E-state index contributed by atoms with van der Waals surface area (Å²) >= 11 is 0. The lowest BCUT2D eigenvalue weighted by Crippen LogP contribution is -2.54. The normalized spacial score (nSPS) is 20.7. The Kier molecular flexibility index (Phi) is 5.78. The zero-order valence-electron chi connectivity index (χ0n) is 19.8. The maximum atomic E-state index is 13.8. The van der Waals surface area contributed by atoms with Gasteiger partial charge >= 0.3 is 0 Å². The molecule has 1 saturated heterocycles. The number of oxime groups is 1. The summed E-state index contributed by atoms with van der Waals surface area (Å²) in [6.07, 6.45) is 5.20. The Hall–Kier alpha value is -3.75. The van der Waals surface area contributed by atoms with Gasteiger partial charge in [0.2, 0.25) is 5.60 Å². The Bertz CT molecular complexity index is 1320. The number of hydrogen-bond donors (Lipinski definition) is 0. The summed E-state index contributed by atoms with van der Waals surface area (Å²) in [7, 11) is 1.60. The van der Waals surface area contributed by atoms with Gasteiger partial charge in [-0.2, -0.15) is 0 Å². The SMILES string of the molecule is COc1cc(C2=NOC3(CCCN(C(C)c4ccc(F)c(F)c4)C3=O)C2)ccc1-n1cnc(C)c1. The van der Waals surface area contributed by atoms with E-state index in [2.05, 4.69) is 10.1 Å². The van der Waals surface area contributed by atoms with Crippen molar-refractivity contribution < 1.29 is 23.1 Å². The van der Waals surface area contributed by atoms with Crippen LogP contribution in [0.15, 0.2) is 54.1 Å². The Morgan fingerprint density at radius 1 is 1.17 bits per heavy atom. The Balaban J connectivity index is 1.37. The van der Waals surface area contributed by atoms with Crippen molar-refractivity contribution in [3.05, 3.63) is 77.4 Å². The van der Waals surface area contributed by atoms with Crippen LogP contribution in [0, 0.1) is 18.6 Å². The minimum Gasteiger partial charge on any atom is -0.495 e. The zero-order chi connectivity index (χ0) is 24.7. The van der Waals surface area contributed by atoms with Gasteiger partial charge in [-0.15, -0.1) is 0 Å². The van der Waals surface area contributed by atoms with Crippen LogP contribution < -0.4 is 4.74 Å². The lowest BCUT2D eigenvalue weighted by molar-refractivity contribution is -0.164. The molecule has 2 aliphatic rings. The van der Waals surface area contributed by atoms with E-state index in [4.69, 9.17) is 9.57 Å². The smallest absolute Gasteiger partial charge is 0.270 e. The fourth-order valence-electron chi connectivity index (χ4n) is 4.83. The lowest BCUT2D eigenvalue weighted by atomic mass is 9.84. The van der Waals surface area contributed by atoms with E-state index < -0.39 is 23.3 Å². The number of aryl methyl sites for hydroxylation is 1. The summed E-state index contributed by atoms with van der Waals surface area (Å²) in [4.78, 5) is 25.3. The zero-order valence-corrected chi connectivity index (χ0v) is 19.8. The minimum absolute atomic E-state index is 0.197. The summed E-state index contributed by atoms with van der Waals surface area (Å²) in [6, 6.07) is 9.01. The standard InChI is InChI=1S/C26H26F2N4O3/c1-16-14-31(15-29-16)23-8-6-19(12-24(23)34-3)22-13-26(35-30-22)9-4-10-32(25(26)33)17(2)18-5-7-20(27)21(28)11-18/h5-8,11-12,14-15,17H,4,9-10,13H2,1-3H3. The van der Waals surface area contributed by atoms with Gasteiger partial charge in [-0.3, -0.25) is 4.79 Å². The highest BCUT2D eigenvalue weighted by molar-refractivity contribution is 6.06. The number of methoxy groups -OCH3 is 1. The third-order valence-electron chi connectivity index (χ3n) is 6.81. The molecule has 0 N–H and O–H groups in total. The molecule has 7 nitrogen and oxygen atoms in total. The first-order valence-electron chi connectivity index (χ1n) is 11.5. The Labute approximate surface area is 202 Å². The molecule has 0 bridgehead atoms. The molecule has 1 amide bonds. The highest BCUT2D eigenvalue weighted by atomic mass is 19.2. The number of carbonyl (C=O) groups is 1. The number of hydrogen-bond acceptors (Lipinski definition) is 5. The van der Waals surface area contributed by atoms with Crippen LogP contribution in [0.3, 0.4) is 0 Å². The second-order valence-corrected chi connectivity index (χ2v) is 9.06. The summed E-state index contributed by atoms with van der Waals surface area (Å²) in [5.41, 5.74) is 2.62. The second kappa shape index (κ2) is 8.79. The van der Waals surface area contributed by atoms with Crippen molar-refractivity contribution in [1.82, 2.24) is 14.5 Å². The van der Waals surface area contributed by atoms with E-state index >= 15 is 0 Å². The Morgan fingerprint density at radius 2 is 2.00 bits per heavy atom. The molecule has 2 unspecified atom stereocenters. The maximum absolute atomic E-state index is 13.8. The molecule has 3 heterocycles. The fraction of sp³-hybridized carbons (Fsp3) is 0.346. The van der Waals surface area contributed by atoms with Gasteiger partial charge in [0.1, 0.15) is 5.75 Å². The van der Waals surface area contributed by atoms with Crippen molar-refractivity contribution in [2.45, 2.75) is 44.8 Å². The molecule has 9 heteroatoms. The Morgan fingerprint density at radius 3 is 2.71 bits per heavy atom. The van der Waals surface area contributed by atoms with Gasteiger partial charge in [0.25, 0.3) is 5.91 Å². The number of ether oxygens (including phenoxy) is 1. The summed E-state index contributed by atoms with van der Waals surface area (Å²) in [5, 5.41) is 4.29. The van der Waals surface area contributed by atoms with E-state index in [1.165, 1.54) is 6.07 Å². The summed E-state index contributed by atoms with van der Waals surface area (Å²) in [5.74, 6) is -1.40. The topological polar surface area (TPSA) is 69.0 Å². The lowest BCUT2D eigenvalue weighted by Gasteiger charge is -2.40.